The Bertz CT molecular complexity index is 3610. The highest BCUT2D eigenvalue weighted by Gasteiger charge is 2.39. The van der Waals surface area contributed by atoms with Crippen molar-refractivity contribution in [2.75, 3.05) is 9.80 Å². The number of allylic oxidation sites excluding steroid dienone is 5. The third-order valence-electron chi connectivity index (χ3n) is 13.4. The maximum atomic E-state index is 7.07. The molecule has 4 nitrogen and oxygen atoms in total. The van der Waals surface area contributed by atoms with Crippen molar-refractivity contribution in [1.82, 2.24) is 0 Å². The first-order valence-electron chi connectivity index (χ1n) is 22.3. The number of ether oxygens (including phenoxy) is 2. The zero-order valence-corrected chi connectivity index (χ0v) is 37.3. The number of nitrogens with zero attached hydrogens (tertiary/aromatic N) is 2. The zero-order valence-electron chi connectivity index (χ0n) is 35.7. The van der Waals surface area contributed by atoms with E-state index in [1.54, 1.807) is 0 Å². The molecule has 13 rings (SSSR count). The number of thiophene rings is 2. The molecule has 0 fully saturated rings. The van der Waals surface area contributed by atoms with E-state index in [2.05, 4.69) is 205 Å². The minimum absolute atomic E-state index is 0.160. The SMILES string of the molecule is C=C1C2=CC=C(N(c3ccccc3)c3ccc4c(c3)sc3ccccc34)CC2Oc2ccc3c(c21)C(=CC)OC1CC(N(c2ccccc2)c2ccc4c(c2)sc2ccccc24)=CC=C31. The molecule has 2 unspecified atom stereocenters. The van der Waals surface area contributed by atoms with E-state index in [9.17, 15) is 0 Å². The lowest BCUT2D eigenvalue weighted by atomic mass is 9.79. The van der Waals surface area contributed by atoms with Gasteiger partial charge in [0.2, 0.25) is 0 Å². The second-order valence-corrected chi connectivity index (χ2v) is 19.2. The van der Waals surface area contributed by atoms with Gasteiger partial charge in [0.1, 0.15) is 23.7 Å². The van der Waals surface area contributed by atoms with Gasteiger partial charge in [0, 0.05) is 110 Å². The topological polar surface area (TPSA) is 24.9 Å². The van der Waals surface area contributed by atoms with E-state index in [0.29, 0.717) is 12.8 Å². The first kappa shape index (κ1) is 38.1. The molecule has 0 amide bonds. The standard InChI is InChI=1S/C59H42N2O2S2/c1-3-50-59-49(44-27-23-40(33-53(44)62-50)61(38-16-8-5-9-17-38)42-25-29-48-46-19-11-13-21-55(46)65-57(48)35-42)30-31-51-58(59)36(2)43-26-22-39(32-52(43)63-51)60(37-14-6-4-7-15-37)41-24-28-47-45-18-10-12-20-54(45)64-56(47)34-41/h3-31,34-35,52-53H,2,32-33H2,1H3. The summed E-state index contributed by atoms with van der Waals surface area (Å²) in [5.41, 5.74) is 13.4. The number of benzene rings is 7. The van der Waals surface area contributed by atoms with Crippen molar-refractivity contribution < 1.29 is 9.47 Å². The Balaban J connectivity index is 0.864. The Kier molecular flexibility index (Phi) is 8.87. The number of rotatable bonds is 6. The normalized spacial score (nSPS) is 18.2. The van der Waals surface area contributed by atoms with Gasteiger partial charge < -0.3 is 19.3 Å². The van der Waals surface area contributed by atoms with Crippen molar-refractivity contribution >= 4 is 103 Å². The van der Waals surface area contributed by atoms with Gasteiger partial charge >= 0.3 is 0 Å². The monoisotopic (exact) mass is 874 g/mol. The molecule has 6 heteroatoms. The van der Waals surface area contributed by atoms with Crippen LogP contribution in [0.3, 0.4) is 0 Å². The summed E-state index contributed by atoms with van der Waals surface area (Å²) in [6.45, 7) is 6.86. The van der Waals surface area contributed by atoms with Crippen LogP contribution in [0.4, 0.5) is 22.7 Å². The fourth-order valence-corrected chi connectivity index (χ4v) is 12.7. The highest BCUT2D eigenvalue weighted by atomic mass is 32.1. The summed E-state index contributed by atoms with van der Waals surface area (Å²) in [5.74, 6) is 1.71. The largest absolute Gasteiger partial charge is 0.485 e. The van der Waals surface area contributed by atoms with Crippen LogP contribution in [0.2, 0.25) is 0 Å². The number of fused-ring (bicyclic) bond motifs is 12. The Hall–Kier alpha value is -7.38. The van der Waals surface area contributed by atoms with Gasteiger partial charge in [-0.2, -0.15) is 0 Å². The summed E-state index contributed by atoms with van der Waals surface area (Å²) in [6.07, 6.45) is 12.2. The molecular formula is C59H42N2O2S2. The highest BCUT2D eigenvalue weighted by molar-refractivity contribution is 7.26. The lowest BCUT2D eigenvalue weighted by Gasteiger charge is -2.40. The van der Waals surface area contributed by atoms with Crippen LogP contribution in [-0.2, 0) is 4.74 Å². The molecule has 2 atom stereocenters. The van der Waals surface area contributed by atoms with Gasteiger partial charge in [-0.3, -0.25) is 0 Å². The number of para-hydroxylation sites is 2. The minimum atomic E-state index is -0.186. The molecular weight excluding hydrogens is 833 g/mol. The second-order valence-electron chi connectivity index (χ2n) is 17.1. The number of anilines is 4. The Morgan fingerprint density at radius 3 is 1.57 bits per heavy atom. The Morgan fingerprint density at radius 2 is 1.00 bits per heavy atom. The van der Waals surface area contributed by atoms with Crippen LogP contribution in [0.15, 0.2) is 212 Å². The highest BCUT2D eigenvalue weighted by Crippen LogP contribution is 2.52. The van der Waals surface area contributed by atoms with E-state index >= 15 is 0 Å². The van der Waals surface area contributed by atoms with Crippen LogP contribution in [0.1, 0.15) is 36.5 Å². The summed E-state index contributed by atoms with van der Waals surface area (Å²) >= 11 is 3.70. The van der Waals surface area contributed by atoms with Gasteiger partial charge in [-0.05, 0) is 103 Å². The summed E-state index contributed by atoms with van der Waals surface area (Å²) in [4.78, 5) is 4.78. The van der Waals surface area contributed by atoms with E-state index in [-0.39, 0.29) is 12.2 Å². The molecule has 65 heavy (non-hydrogen) atoms. The van der Waals surface area contributed by atoms with Crippen molar-refractivity contribution in [2.24, 2.45) is 0 Å². The van der Waals surface area contributed by atoms with E-state index < -0.39 is 0 Å². The first-order valence-corrected chi connectivity index (χ1v) is 23.9. The molecule has 0 saturated carbocycles. The van der Waals surface area contributed by atoms with Crippen molar-refractivity contribution in [2.45, 2.75) is 32.0 Å². The second kappa shape index (κ2) is 15.1. The van der Waals surface area contributed by atoms with E-state index in [1.165, 1.54) is 62.9 Å². The van der Waals surface area contributed by atoms with Crippen molar-refractivity contribution in [1.29, 1.82) is 0 Å². The molecule has 312 valence electrons. The molecule has 2 aliphatic heterocycles. The fraction of sp³-hybridized carbons (Fsp3) is 0.0847. The minimum Gasteiger partial charge on any atom is -0.485 e. The predicted molar refractivity (Wildman–Crippen MR) is 276 cm³/mol. The van der Waals surface area contributed by atoms with Gasteiger partial charge in [0.15, 0.2) is 0 Å². The van der Waals surface area contributed by atoms with Crippen molar-refractivity contribution in [3.05, 3.63) is 228 Å². The van der Waals surface area contributed by atoms with Crippen LogP contribution < -0.4 is 14.5 Å². The van der Waals surface area contributed by atoms with Crippen molar-refractivity contribution in [3.63, 3.8) is 0 Å². The molecule has 0 spiro atoms. The smallest absolute Gasteiger partial charge is 0.130 e. The summed E-state index contributed by atoms with van der Waals surface area (Å²) < 4.78 is 19.3. The van der Waals surface area contributed by atoms with Crippen LogP contribution >= 0.6 is 22.7 Å². The van der Waals surface area contributed by atoms with E-state index in [4.69, 9.17) is 16.1 Å². The van der Waals surface area contributed by atoms with Crippen molar-refractivity contribution in [3.8, 4) is 5.75 Å². The zero-order chi connectivity index (χ0) is 43.2. The molecule has 4 heterocycles. The van der Waals surface area contributed by atoms with Crippen LogP contribution in [0.25, 0.3) is 57.2 Å². The summed E-state index contributed by atoms with van der Waals surface area (Å²) in [5, 5.41) is 5.20. The third kappa shape index (κ3) is 6.16. The first-order chi connectivity index (χ1) is 32.1. The summed E-state index contributed by atoms with van der Waals surface area (Å²) in [6, 6.07) is 56.9. The number of hydrogen-bond acceptors (Lipinski definition) is 6. The van der Waals surface area contributed by atoms with E-state index in [0.717, 1.165) is 56.5 Å². The fourth-order valence-electron chi connectivity index (χ4n) is 10.4. The van der Waals surface area contributed by atoms with Crippen LogP contribution in [-0.4, -0.2) is 12.2 Å². The molecule has 0 radical (unpaired) electrons. The van der Waals surface area contributed by atoms with Gasteiger partial charge in [0.25, 0.3) is 0 Å². The molecule has 4 aliphatic rings. The molecule has 2 aromatic heterocycles. The maximum absolute atomic E-state index is 7.07. The molecule has 0 bridgehead atoms. The number of hydrogen-bond donors (Lipinski definition) is 0. The molecule has 2 aliphatic carbocycles. The Labute approximate surface area is 385 Å². The lowest BCUT2D eigenvalue weighted by molar-refractivity contribution is 0.210. The lowest BCUT2D eigenvalue weighted by Crippen LogP contribution is -2.32. The average molecular weight is 875 g/mol. The van der Waals surface area contributed by atoms with Gasteiger partial charge in [-0.1, -0.05) is 110 Å². The van der Waals surface area contributed by atoms with Crippen LogP contribution in [0.5, 0.6) is 5.75 Å². The molecule has 0 saturated heterocycles. The van der Waals surface area contributed by atoms with Crippen LogP contribution in [0, 0.1) is 0 Å². The predicted octanol–water partition coefficient (Wildman–Crippen LogP) is 16.5. The van der Waals surface area contributed by atoms with Gasteiger partial charge in [0.05, 0.1) is 0 Å². The molecule has 9 aromatic rings. The maximum Gasteiger partial charge on any atom is 0.130 e. The quantitative estimate of drug-likeness (QED) is 0.166. The molecule has 7 aromatic carbocycles. The Morgan fingerprint density at radius 1 is 0.492 bits per heavy atom. The van der Waals surface area contributed by atoms with Gasteiger partial charge in [-0.15, -0.1) is 22.7 Å². The van der Waals surface area contributed by atoms with E-state index in [1.807, 2.05) is 22.7 Å². The summed E-state index contributed by atoms with van der Waals surface area (Å²) in [7, 11) is 0. The average Bonchev–Trinajstić information content (AvgIpc) is 3.92. The third-order valence-corrected chi connectivity index (χ3v) is 15.7. The van der Waals surface area contributed by atoms with Gasteiger partial charge in [-0.25, -0.2) is 0 Å². The molecule has 0 N–H and O–H groups in total.